The van der Waals surface area contributed by atoms with Crippen molar-refractivity contribution < 1.29 is 38.5 Å². The van der Waals surface area contributed by atoms with Crippen LogP contribution in [0.15, 0.2) is 52.5 Å². The number of Topliss-reactive ketones (excluding diaryl/α,β-unsaturated/α-hetero) is 1. The van der Waals surface area contributed by atoms with Gasteiger partial charge in [0.1, 0.15) is 23.3 Å². The quantitative estimate of drug-likeness (QED) is 0.344. The van der Waals surface area contributed by atoms with Gasteiger partial charge >= 0.3 is 0 Å². The minimum atomic E-state index is -1.67. The molecule has 0 spiro atoms. The molecule has 0 aromatic heterocycles. The summed E-state index contributed by atoms with van der Waals surface area (Å²) in [5.74, 6) is -5.52. The largest absolute Gasteiger partial charge is 0.452 e. The van der Waals surface area contributed by atoms with Crippen molar-refractivity contribution in [3.8, 4) is 0 Å². The predicted molar refractivity (Wildman–Crippen MR) is 118 cm³/mol. The van der Waals surface area contributed by atoms with Crippen molar-refractivity contribution in [1.29, 1.82) is 0 Å². The molecule has 3 aliphatic rings. The van der Waals surface area contributed by atoms with Gasteiger partial charge in [-0.3, -0.25) is 29.1 Å². The van der Waals surface area contributed by atoms with Crippen molar-refractivity contribution in [3.63, 3.8) is 0 Å². The third-order valence-corrected chi connectivity index (χ3v) is 5.91. The number of piperidine rings is 1. The first-order valence-corrected chi connectivity index (χ1v) is 10.8. The number of halogens is 1. The number of nitrogens with one attached hydrogen (secondary N) is 2. The van der Waals surface area contributed by atoms with Crippen LogP contribution in [0.3, 0.4) is 0 Å². The Morgan fingerprint density at radius 2 is 1.91 bits per heavy atom. The average molecular weight is 486 g/mol. The summed E-state index contributed by atoms with van der Waals surface area (Å²) in [4.78, 5) is 56.8. The number of benzene rings is 1. The Bertz CT molecular complexity index is 1170. The number of carbonyl (C=O) groups is 4. The summed E-state index contributed by atoms with van der Waals surface area (Å²) in [5.41, 5.74) is 1.21. The van der Waals surface area contributed by atoms with Crippen molar-refractivity contribution in [1.82, 2.24) is 15.5 Å². The van der Waals surface area contributed by atoms with E-state index in [1.165, 1.54) is 19.2 Å². The van der Waals surface area contributed by atoms with Crippen LogP contribution in [0, 0.1) is 11.7 Å². The molecule has 4 rings (SSSR count). The molecule has 2 atom stereocenters. The van der Waals surface area contributed by atoms with E-state index < -0.39 is 60.5 Å². The molecule has 1 aromatic rings. The molecule has 0 bridgehead atoms. The molecule has 12 heteroatoms. The fourth-order valence-corrected chi connectivity index (χ4v) is 4.08. The van der Waals surface area contributed by atoms with Crippen molar-refractivity contribution in [2.24, 2.45) is 10.9 Å². The number of ether oxygens (including phenoxy) is 1. The Hall–Kier alpha value is -3.90. The number of ketones is 1. The van der Waals surface area contributed by atoms with E-state index >= 15 is 0 Å². The summed E-state index contributed by atoms with van der Waals surface area (Å²) in [6.45, 7) is -1.08. The smallest absolute Gasteiger partial charge is 0.288 e. The molecule has 1 aromatic carbocycles. The lowest BCUT2D eigenvalue weighted by molar-refractivity contribution is -0.146. The highest BCUT2D eigenvalue weighted by atomic mass is 19.1. The Morgan fingerprint density at radius 3 is 2.54 bits per heavy atom. The van der Waals surface area contributed by atoms with Crippen LogP contribution in [0.4, 0.5) is 4.39 Å². The first kappa shape index (κ1) is 24.2. The maximum atomic E-state index is 13.3. The van der Waals surface area contributed by atoms with Gasteiger partial charge in [-0.1, -0.05) is 12.1 Å². The second kappa shape index (κ2) is 9.76. The molecule has 4 N–H and O–H groups in total. The number of amides is 3. The zero-order valence-corrected chi connectivity index (χ0v) is 18.7. The summed E-state index contributed by atoms with van der Waals surface area (Å²) in [6.07, 6.45) is 1.32. The van der Waals surface area contributed by atoms with Crippen molar-refractivity contribution in [2.45, 2.75) is 18.5 Å². The van der Waals surface area contributed by atoms with E-state index in [4.69, 9.17) is 4.74 Å². The van der Waals surface area contributed by atoms with Gasteiger partial charge in [0.2, 0.25) is 23.4 Å². The molecule has 0 saturated carbocycles. The van der Waals surface area contributed by atoms with E-state index in [-0.39, 0.29) is 30.2 Å². The topological polar surface area (TPSA) is 158 Å². The number of hydrogen-bond acceptors (Lipinski definition) is 8. The fourth-order valence-electron chi connectivity index (χ4n) is 4.08. The van der Waals surface area contributed by atoms with Gasteiger partial charge in [-0.25, -0.2) is 4.39 Å². The normalized spacial score (nSPS) is 21.2. The molecule has 3 amide bonds. The number of aliphatic hydroxyl groups excluding tert-OH is 2. The summed E-state index contributed by atoms with van der Waals surface area (Å²) in [6, 6.07) is 3.67. The van der Waals surface area contributed by atoms with E-state index in [1.54, 1.807) is 12.1 Å². The Balaban J connectivity index is 1.77. The van der Waals surface area contributed by atoms with Gasteiger partial charge < -0.3 is 25.6 Å². The molecule has 1 fully saturated rings. The van der Waals surface area contributed by atoms with Gasteiger partial charge in [0.25, 0.3) is 5.91 Å². The average Bonchev–Trinajstić information content (AvgIpc) is 2.87. The Morgan fingerprint density at radius 1 is 1.23 bits per heavy atom. The number of aliphatic imine (C=N–C) groups is 1. The summed E-state index contributed by atoms with van der Waals surface area (Å²) >= 11 is 0. The SMILES string of the molecule is CNC(=O)C1C(=O)C2=NCC(Cc3ccc(F)cc3)=C3OC(C(=O)NC(CO)CO)=CN(C1=O)C23. The van der Waals surface area contributed by atoms with Crippen LogP contribution in [-0.2, 0) is 30.3 Å². The monoisotopic (exact) mass is 486 g/mol. The van der Waals surface area contributed by atoms with Gasteiger partial charge in [0.15, 0.2) is 5.92 Å². The number of hydrogen-bond donors (Lipinski definition) is 4. The van der Waals surface area contributed by atoms with E-state index in [2.05, 4.69) is 15.6 Å². The van der Waals surface area contributed by atoms with Crippen LogP contribution in [-0.4, -0.2) is 83.2 Å². The van der Waals surface area contributed by atoms with E-state index in [1.807, 2.05) is 0 Å². The zero-order valence-electron chi connectivity index (χ0n) is 18.7. The van der Waals surface area contributed by atoms with Crippen molar-refractivity contribution in [2.75, 3.05) is 26.8 Å². The lowest BCUT2D eigenvalue weighted by atomic mass is 9.83. The minimum absolute atomic E-state index is 0.00240. The summed E-state index contributed by atoms with van der Waals surface area (Å²) in [5, 5.41) is 23.3. The molecule has 11 nitrogen and oxygen atoms in total. The fraction of sp³-hybridized carbons (Fsp3) is 0.348. The molecule has 0 aliphatic carbocycles. The highest BCUT2D eigenvalue weighted by molar-refractivity contribution is 6.52. The van der Waals surface area contributed by atoms with Crippen LogP contribution >= 0.6 is 0 Å². The van der Waals surface area contributed by atoms with Gasteiger partial charge in [0, 0.05) is 7.05 Å². The number of nitrogens with zero attached hydrogens (tertiary/aromatic N) is 2. The second-order valence-electron chi connectivity index (χ2n) is 8.16. The predicted octanol–water partition coefficient (Wildman–Crippen LogP) is -1.44. The first-order valence-electron chi connectivity index (χ1n) is 10.8. The van der Waals surface area contributed by atoms with Gasteiger partial charge in [-0.15, -0.1) is 0 Å². The van der Waals surface area contributed by atoms with E-state index in [9.17, 15) is 33.8 Å². The van der Waals surface area contributed by atoms with Gasteiger partial charge in [-0.05, 0) is 29.7 Å². The van der Waals surface area contributed by atoms with Crippen molar-refractivity contribution >= 4 is 29.2 Å². The molecule has 3 aliphatic heterocycles. The number of aliphatic hydroxyl groups is 2. The first-order chi connectivity index (χ1) is 16.8. The number of dihydropyridines is 1. The molecule has 35 heavy (non-hydrogen) atoms. The van der Waals surface area contributed by atoms with Gasteiger partial charge in [0.05, 0.1) is 32.0 Å². The molecule has 0 radical (unpaired) electrons. The third kappa shape index (κ3) is 4.45. The minimum Gasteiger partial charge on any atom is -0.452 e. The van der Waals surface area contributed by atoms with Gasteiger partial charge in [-0.2, -0.15) is 0 Å². The molecular weight excluding hydrogens is 463 g/mol. The number of rotatable bonds is 7. The maximum Gasteiger partial charge on any atom is 0.288 e. The lowest BCUT2D eigenvalue weighted by Crippen LogP contribution is -2.62. The highest BCUT2D eigenvalue weighted by Gasteiger charge is 2.53. The Kier molecular flexibility index (Phi) is 6.76. The molecule has 2 unspecified atom stereocenters. The molecule has 1 saturated heterocycles. The van der Waals surface area contributed by atoms with Crippen LogP contribution in [0.5, 0.6) is 0 Å². The summed E-state index contributed by atoms with van der Waals surface area (Å²) in [7, 11) is 1.29. The molecule has 184 valence electrons. The van der Waals surface area contributed by atoms with E-state index in [0.717, 1.165) is 11.1 Å². The van der Waals surface area contributed by atoms with E-state index in [0.29, 0.717) is 11.1 Å². The van der Waals surface area contributed by atoms with Crippen LogP contribution in [0.1, 0.15) is 5.56 Å². The standard InChI is InChI=1S/C23H23FN4O7/c1-25-22(33)16-19(31)17-18-20(12(7-26-17)6-11-2-4-13(24)5-3-11)35-15(8-28(18)23(16)34)21(32)27-14(9-29)10-30/h2-5,8,14,16,18,29-30H,6-7,9-10H2,1H3,(H,25,33)(H,27,32). The lowest BCUT2D eigenvalue weighted by Gasteiger charge is -2.42. The Labute approximate surface area is 199 Å². The van der Waals surface area contributed by atoms with Crippen LogP contribution < -0.4 is 10.6 Å². The second-order valence-corrected chi connectivity index (χ2v) is 8.16. The van der Waals surface area contributed by atoms with Crippen LogP contribution in [0.2, 0.25) is 0 Å². The van der Waals surface area contributed by atoms with Crippen LogP contribution in [0.25, 0.3) is 0 Å². The zero-order chi connectivity index (χ0) is 25.3. The molecule has 3 heterocycles. The summed E-state index contributed by atoms with van der Waals surface area (Å²) < 4.78 is 19.2. The number of carbonyl (C=O) groups excluding carboxylic acids is 4. The molecular formula is C23H23FN4O7. The van der Waals surface area contributed by atoms with Crippen molar-refractivity contribution in [3.05, 3.63) is 58.9 Å². The third-order valence-electron chi connectivity index (χ3n) is 5.91. The maximum absolute atomic E-state index is 13.3. The highest BCUT2D eigenvalue weighted by Crippen LogP contribution is 2.36.